The van der Waals surface area contributed by atoms with Gasteiger partial charge in [0.1, 0.15) is 0 Å². The van der Waals surface area contributed by atoms with Crippen LogP contribution in [0.5, 0.6) is 0 Å². The zero-order valence-electron chi connectivity index (χ0n) is 12.6. The molecule has 0 unspecified atom stereocenters. The van der Waals surface area contributed by atoms with Gasteiger partial charge in [0.05, 0.1) is 11.7 Å². The lowest BCUT2D eigenvalue weighted by Gasteiger charge is -2.16. The predicted molar refractivity (Wildman–Crippen MR) is 83.5 cm³/mol. The molecule has 4 heterocycles. The van der Waals surface area contributed by atoms with Crippen molar-refractivity contribution >= 4 is 16.8 Å². The molecule has 1 N–H and O–H groups in total. The minimum Gasteiger partial charge on any atom is -0.345 e. The maximum Gasteiger partial charge on any atom is 0.156 e. The van der Waals surface area contributed by atoms with E-state index in [2.05, 4.69) is 50.4 Å². The standard InChI is InChI=1S/C16H21N5/c1-3-11-9-20(4-2)10-12(11)14-7-18-15-8-19-16-13(21(14)15)5-6-17-16/h5-8,11-12,17H,3-4,9-10H2,1-2H3/t11-,12+/m1/s1. The van der Waals surface area contributed by atoms with Crippen LogP contribution in [0.2, 0.25) is 0 Å². The van der Waals surface area contributed by atoms with E-state index in [1.807, 2.05) is 12.4 Å². The van der Waals surface area contributed by atoms with Crippen molar-refractivity contribution in [1.82, 2.24) is 24.3 Å². The first-order valence-electron chi connectivity index (χ1n) is 7.83. The number of H-pyrrole nitrogens is 1. The van der Waals surface area contributed by atoms with Gasteiger partial charge >= 0.3 is 0 Å². The molecule has 0 bridgehead atoms. The summed E-state index contributed by atoms with van der Waals surface area (Å²) in [6, 6.07) is 2.09. The lowest BCUT2D eigenvalue weighted by Crippen LogP contribution is -2.19. The van der Waals surface area contributed by atoms with Crippen molar-refractivity contribution in [1.29, 1.82) is 0 Å². The van der Waals surface area contributed by atoms with Crippen molar-refractivity contribution in [2.24, 2.45) is 5.92 Å². The molecule has 3 aromatic rings. The molecule has 2 atom stereocenters. The van der Waals surface area contributed by atoms with Gasteiger partial charge in [-0.2, -0.15) is 0 Å². The van der Waals surface area contributed by atoms with E-state index in [0.717, 1.165) is 29.9 Å². The van der Waals surface area contributed by atoms with E-state index in [1.54, 1.807) is 0 Å². The highest BCUT2D eigenvalue weighted by atomic mass is 15.2. The molecule has 0 amide bonds. The summed E-state index contributed by atoms with van der Waals surface area (Å²) in [5.41, 5.74) is 4.34. The fraction of sp³-hybridized carbons (Fsp3) is 0.500. The number of aromatic amines is 1. The monoisotopic (exact) mass is 283 g/mol. The number of aromatic nitrogens is 4. The van der Waals surface area contributed by atoms with Gasteiger partial charge in [0.25, 0.3) is 0 Å². The molecule has 0 aromatic carbocycles. The fourth-order valence-corrected chi connectivity index (χ4v) is 3.72. The van der Waals surface area contributed by atoms with E-state index >= 15 is 0 Å². The van der Waals surface area contributed by atoms with Gasteiger partial charge in [0.2, 0.25) is 0 Å². The van der Waals surface area contributed by atoms with Crippen LogP contribution in [0.15, 0.2) is 24.7 Å². The van der Waals surface area contributed by atoms with Crippen molar-refractivity contribution in [3.63, 3.8) is 0 Å². The molecule has 1 aliphatic heterocycles. The number of nitrogens with one attached hydrogen (secondary N) is 1. The zero-order valence-corrected chi connectivity index (χ0v) is 12.6. The highest BCUT2D eigenvalue weighted by Gasteiger charge is 2.33. The van der Waals surface area contributed by atoms with Gasteiger partial charge < -0.3 is 9.88 Å². The molecular formula is C16H21N5. The molecule has 3 aromatic heterocycles. The summed E-state index contributed by atoms with van der Waals surface area (Å²) in [5, 5.41) is 0. The maximum atomic E-state index is 4.58. The van der Waals surface area contributed by atoms with Gasteiger partial charge in [-0.25, -0.2) is 9.97 Å². The zero-order chi connectivity index (χ0) is 14.4. The van der Waals surface area contributed by atoms with E-state index in [9.17, 15) is 0 Å². The van der Waals surface area contributed by atoms with Crippen molar-refractivity contribution in [3.05, 3.63) is 30.4 Å². The summed E-state index contributed by atoms with van der Waals surface area (Å²) in [4.78, 5) is 14.8. The Morgan fingerprint density at radius 2 is 2.14 bits per heavy atom. The summed E-state index contributed by atoms with van der Waals surface area (Å²) < 4.78 is 2.28. The quantitative estimate of drug-likeness (QED) is 0.804. The number of hydrogen-bond acceptors (Lipinski definition) is 3. The first-order valence-corrected chi connectivity index (χ1v) is 7.83. The first kappa shape index (κ1) is 12.8. The highest BCUT2D eigenvalue weighted by Crippen LogP contribution is 2.35. The number of fused-ring (bicyclic) bond motifs is 3. The Labute approximate surface area is 124 Å². The number of likely N-dealkylation sites (N-methyl/N-ethyl adjacent to an activating group) is 1. The Kier molecular flexibility index (Phi) is 2.96. The van der Waals surface area contributed by atoms with Crippen molar-refractivity contribution < 1.29 is 0 Å². The van der Waals surface area contributed by atoms with Gasteiger partial charge in [0, 0.05) is 37.1 Å². The van der Waals surface area contributed by atoms with E-state index in [-0.39, 0.29) is 0 Å². The number of likely N-dealkylation sites (tertiary alicyclic amines) is 1. The van der Waals surface area contributed by atoms with Gasteiger partial charge in [-0.3, -0.25) is 4.40 Å². The van der Waals surface area contributed by atoms with Gasteiger partial charge in [-0.05, 0) is 18.5 Å². The van der Waals surface area contributed by atoms with Gasteiger partial charge in [-0.15, -0.1) is 0 Å². The summed E-state index contributed by atoms with van der Waals surface area (Å²) in [6.07, 6.45) is 7.08. The largest absolute Gasteiger partial charge is 0.345 e. The molecule has 0 saturated carbocycles. The van der Waals surface area contributed by atoms with Crippen LogP contribution in [0.1, 0.15) is 31.9 Å². The Morgan fingerprint density at radius 3 is 2.95 bits per heavy atom. The molecule has 5 heteroatoms. The number of rotatable bonds is 3. The van der Waals surface area contributed by atoms with Crippen molar-refractivity contribution in [2.45, 2.75) is 26.2 Å². The van der Waals surface area contributed by atoms with Crippen LogP contribution < -0.4 is 0 Å². The van der Waals surface area contributed by atoms with Crippen LogP contribution in [0.3, 0.4) is 0 Å². The second kappa shape index (κ2) is 4.84. The van der Waals surface area contributed by atoms with Crippen molar-refractivity contribution in [2.75, 3.05) is 19.6 Å². The van der Waals surface area contributed by atoms with Crippen LogP contribution >= 0.6 is 0 Å². The molecule has 1 saturated heterocycles. The highest BCUT2D eigenvalue weighted by molar-refractivity contribution is 5.74. The third kappa shape index (κ3) is 1.87. The Bertz CT molecular complexity index is 771. The van der Waals surface area contributed by atoms with Gasteiger partial charge in [-0.1, -0.05) is 20.3 Å². The van der Waals surface area contributed by atoms with E-state index < -0.39 is 0 Å². The number of nitrogens with zero attached hydrogens (tertiary/aromatic N) is 4. The molecule has 0 aliphatic carbocycles. The molecule has 0 radical (unpaired) electrons. The molecule has 21 heavy (non-hydrogen) atoms. The molecule has 110 valence electrons. The summed E-state index contributed by atoms with van der Waals surface area (Å²) in [6.45, 7) is 8.01. The van der Waals surface area contributed by atoms with Crippen LogP contribution in [0.4, 0.5) is 0 Å². The topological polar surface area (TPSA) is 49.2 Å². The minimum absolute atomic E-state index is 0.561. The molecule has 1 aliphatic rings. The predicted octanol–water partition coefficient (Wildman–Crippen LogP) is 2.66. The Balaban J connectivity index is 1.88. The van der Waals surface area contributed by atoms with E-state index in [0.29, 0.717) is 11.8 Å². The molecule has 0 spiro atoms. The molecule has 5 nitrogen and oxygen atoms in total. The summed E-state index contributed by atoms with van der Waals surface area (Å²) in [5.74, 6) is 1.28. The lowest BCUT2D eigenvalue weighted by molar-refractivity contribution is 0.340. The van der Waals surface area contributed by atoms with E-state index in [1.165, 1.54) is 18.7 Å². The normalized spacial score (nSPS) is 23.5. The van der Waals surface area contributed by atoms with Gasteiger partial charge in [0.15, 0.2) is 11.3 Å². The second-order valence-electron chi connectivity index (χ2n) is 5.97. The number of hydrogen-bond donors (Lipinski definition) is 1. The summed E-state index contributed by atoms with van der Waals surface area (Å²) >= 11 is 0. The molecule has 4 rings (SSSR count). The maximum absolute atomic E-state index is 4.58. The average Bonchev–Trinajstić information content (AvgIpc) is 3.22. The smallest absolute Gasteiger partial charge is 0.156 e. The van der Waals surface area contributed by atoms with Crippen LogP contribution in [0.25, 0.3) is 16.8 Å². The van der Waals surface area contributed by atoms with Crippen LogP contribution in [0, 0.1) is 5.92 Å². The number of imidazole rings is 1. The third-order valence-electron chi connectivity index (χ3n) is 4.94. The van der Waals surface area contributed by atoms with Crippen molar-refractivity contribution in [3.8, 4) is 0 Å². The molecule has 1 fully saturated rings. The lowest BCUT2D eigenvalue weighted by atomic mass is 9.91. The Morgan fingerprint density at radius 1 is 1.24 bits per heavy atom. The first-order chi connectivity index (χ1) is 10.3. The average molecular weight is 283 g/mol. The second-order valence-corrected chi connectivity index (χ2v) is 5.97. The fourth-order valence-electron chi connectivity index (χ4n) is 3.72. The van der Waals surface area contributed by atoms with Crippen LogP contribution in [-0.4, -0.2) is 43.9 Å². The van der Waals surface area contributed by atoms with E-state index in [4.69, 9.17) is 0 Å². The minimum atomic E-state index is 0.561. The Hall–Kier alpha value is -1.88. The SMILES string of the molecule is CC[C@@H]1CN(CC)C[C@@H]1c1cnc2cnc3[nH]ccc3n12. The van der Waals surface area contributed by atoms with Crippen LogP contribution in [-0.2, 0) is 0 Å². The molecular weight excluding hydrogens is 262 g/mol. The summed E-state index contributed by atoms with van der Waals surface area (Å²) in [7, 11) is 0. The third-order valence-corrected chi connectivity index (χ3v) is 4.94.